The van der Waals surface area contributed by atoms with Gasteiger partial charge in [-0.2, -0.15) is 0 Å². The summed E-state index contributed by atoms with van der Waals surface area (Å²) < 4.78 is 21.9. The maximum Gasteiger partial charge on any atom is 0.420 e. The van der Waals surface area contributed by atoms with Crippen molar-refractivity contribution in [2.75, 3.05) is 11.9 Å². The second kappa shape index (κ2) is 9.09. The number of amides is 1. The molecule has 2 aromatic rings. The number of ether oxygens (including phenoxy) is 1. The number of anilines is 1. The number of carbonyl (C=O) groups is 2. The Bertz CT molecular complexity index is 1180. The summed E-state index contributed by atoms with van der Waals surface area (Å²) in [4.78, 5) is 35.4. The molecule has 2 aromatic heterocycles. The maximum absolute atomic E-state index is 15.0. The van der Waals surface area contributed by atoms with E-state index >= 15 is 4.39 Å². The lowest BCUT2D eigenvalue weighted by Crippen LogP contribution is -2.54. The highest BCUT2D eigenvalue weighted by molar-refractivity contribution is 5.98. The fraction of sp³-hybridized carbons (Fsp3) is 0.520. The predicted octanol–water partition coefficient (Wildman–Crippen LogP) is 3.90. The maximum atomic E-state index is 15.0. The van der Waals surface area contributed by atoms with Gasteiger partial charge in [0.2, 0.25) is 5.91 Å². The molecule has 1 saturated heterocycles. The molecule has 1 N–H and O–H groups in total. The molecule has 4 rings (SSSR count). The molecule has 34 heavy (non-hydrogen) atoms. The number of fused-ring (bicyclic) bond motifs is 1. The van der Waals surface area contributed by atoms with Crippen LogP contribution in [0.15, 0.2) is 25.2 Å². The molecule has 3 atom stereocenters. The third kappa shape index (κ3) is 5.06. The van der Waals surface area contributed by atoms with E-state index in [2.05, 4.69) is 33.7 Å². The smallest absolute Gasteiger partial charge is 0.420 e. The van der Waals surface area contributed by atoms with Gasteiger partial charge in [-0.05, 0) is 46.6 Å². The molecule has 0 aromatic carbocycles. The number of alkyl halides is 1. The van der Waals surface area contributed by atoms with Gasteiger partial charge in [-0.15, -0.1) is 0 Å². The number of piperidine rings is 1. The fourth-order valence-electron chi connectivity index (χ4n) is 3.98. The van der Waals surface area contributed by atoms with Crippen LogP contribution < -0.4 is 5.32 Å². The molecule has 9 heteroatoms. The van der Waals surface area contributed by atoms with Crippen molar-refractivity contribution in [1.82, 2.24) is 19.4 Å². The monoisotopic (exact) mass is 467 g/mol. The normalized spacial score (nSPS) is 22.6. The first-order valence-electron chi connectivity index (χ1n) is 11.5. The molecule has 0 unspecified atom stereocenters. The van der Waals surface area contributed by atoms with E-state index in [9.17, 15) is 9.59 Å². The van der Waals surface area contributed by atoms with E-state index in [1.54, 1.807) is 31.9 Å². The molecular weight excluding hydrogens is 437 g/mol. The van der Waals surface area contributed by atoms with Crippen LogP contribution in [0.4, 0.5) is 15.0 Å². The number of halogens is 1. The highest BCUT2D eigenvalue weighted by Gasteiger charge is 2.36. The van der Waals surface area contributed by atoms with Crippen LogP contribution in [-0.2, 0) is 9.53 Å². The van der Waals surface area contributed by atoms with Crippen molar-refractivity contribution in [1.29, 1.82) is 0 Å². The highest BCUT2D eigenvalue weighted by atomic mass is 19.1. The van der Waals surface area contributed by atoms with Gasteiger partial charge < -0.3 is 15.0 Å². The lowest BCUT2D eigenvalue weighted by molar-refractivity contribution is -0.130. The Morgan fingerprint density at radius 1 is 1.32 bits per heavy atom. The number of hydrogen-bond donors (Lipinski definition) is 1. The Labute approximate surface area is 198 Å². The van der Waals surface area contributed by atoms with Gasteiger partial charge in [-0.25, -0.2) is 23.7 Å². The Kier molecular flexibility index (Phi) is 6.34. The van der Waals surface area contributed by atoms with Crippen LogP contribution in [0, 0.1) is 17.8 Å². The summed E-state index contributed by atoms with van der Waals surface area (Å²) in [6, 6.07) is -0.926. The number of hydrogen-bond acceptors (Lipinski definition) is 6. The summed E-state index contributed by atoms with van der Waals surface area (Å²) in [5.74, 6) is 6.81. The van der Waals surface area contributed by atoms with Gasteiger partial charge in [0.1, 0.15) is 23.9 Å². The first kappa shape index (κ1) is 23.7. The third-order valence-corrected chi connectivity index (χ3v) is 5.87. The zero-order valence-electron chi connectivity index (χ0n) is 20.0. The number of nitrogens with zero attached hydrogens (tertiary/aromatic N) is 4. The summed E-state index contributed by atoms with van der Waals surface area (Å²) in [5.41, 5.74) is 0.197. The van der Waals surface area contributed by atoms with Crippen LogP contribution in [0.2, 0.25) is 0 Å². The summed E-state index contributed by atoms with van der Waals surface area (Å²) in [6.07, 6.45) is 4.67. The average Bonchev–Trinajstić information content (AvgIpc) is 3.51. The average molecular weight is 468 g/mol. The minimum absolute atomic E-state index is 0.161. The number of likely N-dealkylation sites (tertiary alicyclic amines) is 1. The minimum atomic E-state index is -1.19. The second-order valence-corrected chi connectivity index (χ2v) is 9.90. The molecule has 0 radical (unpaired) electrons. The van der Waals surface area contributed by atoms with Gasteiger partial charge in [0.25, 0.3) is 0 Å². The largest absolute Gasteiger partial charge is 0.443 e. The van der Waals surface area contributed by atoms with E-state index < -0.39 is 23.9 Å². The Morgan fingerprint density at radius 2 is 2.06 bits per heavy atom. The predicted molar refractivity (Wildman–Crippen MR) is 127 cm³/mol. The summed E-state index contributed by atoms with van der Waals surface area (Å²) >= 11 is 0. The highest BCUT2D eigenvalue weighted by Crippen LogP contribution is 2.31. The van der Waals surface area contributed by atoms with Crippen molar-refractivity contribution in [3.05, 3.63) is 30.7 Å². The van der Waals surface area contributed by atoms with E-state index in [-0.39, 0.29) is 24.9 Å². The minimum Gasteiger partial charge on any atom is -0.443 e. The van der Waals surface area contributed by atoms with Gasteiger partial charge in [-0.3, -0.25) is 4.79 Å². The van der Waals surface area contributed by atoms with Crippen molar-refractivity contribution in [2.45, 2.75) is 70.8 Å². The van der Waals surface area contributed by atoms with Gasteiger partial charge in [-0.1, -0.05) is 18.4 Å². The van der Waals surface area contributed by atoms with Crippen molar-refractivity contribution in [2.24, 2.45) is 5.92 Å². The van der Waals surface area contributed by atoms with Crippen LogP contribution in [0.1, 0.15) is 52.5 Å². The van der Waals surface area contributed by atoms with Crippen LogP contribution in [0.25, 0.3) is 11.0 Å². The molecule has 3 heterocycles. The molecule has 180 valence electrons. The van der Waals surface area contributed by atoms with Crippen LogP contribution in [0.5, 0.6) is 0 Å². The van der Waals surface area contributed by atoms with Gasteiger partial charge >= 0.3 is 6.09 Å². The second-order valence-electron chi connectivity index (χ2n) is 9.90. The molecule has 2 aliphatic rings. The van der Waals surface area contributed by atoms with Gasteiger partial charge in [0.05, 0.1) is 17.0 Å². The molecule has 2 fully saturated rings. The van der Waals surface area contributed by atoms with Crippen molar-refractivity contribution < 1.29 is 18.7 Å². The molecule has 8 nitrogen and oxygen atoms in total. The van der Waals surface area contributed by atoms with E-state index in [0.717, 1.165) is 12.8 Å². The number of rotatable bonds is 3. The third-order valence-electron chi connectivity index (χ3n) is 5.87. The van der Waals surface area contributed by atoms with Gasteiger partial charge in [0, 0.05) is 31.1 Å². The molecule has 1 amide bonds. The SMILES string of the molecule is C=CC(=O)N1C[C@H](Nc2ncnc3c2c(C#CC2CC2)cn3C(=O)OC(C)(C)C)[C@@H](F)C[C@@H]1C. The Hall–Kier alpha value is -3.41. The zero-order valence-corrected chi connectivity index (χ0v) is 20.0. The standard InChI is InChI=1S/C25H30FN5O3/c1-6-20(32)30-13-19(18(26)11-15(30)2)29-22-21-17(10-9-16-7-8-16)12-31(23(21)28-14-27-22)24(33)34-25(3,4)5/h6,12,14-16,18-19H,1,7-8,11,13H2,2-5H3,(H,27,28,29)/t15-,18-,19-/m0/s1. The first-order valence-corrected chi connectivity index (χ1v) is 11.5. The van der Waals surface area contributed by atoms with Crippen molar-refractivity contribution in [3.63, 3.8) is 0 Å². The van der Waals surface area contributed by atoms with Crippen molar-refractivity contribution in [3.8, 4) is 11.8 Å². The zero-order chi connectivity index (χ0) is 24.6. The molecule has 1 aliphatic heterocycles. The number of carbonyl (C=O) groups excluding carboxylic acids is 2. The lowest BCUT2D eigenvalue weighted by Gasteiger charge is -2.40. The summed E-state index contributed by atoms with van der Waals surface area (Å²) in [6.45, 7) is 10.9. The van der Waals surface area contributed by atoms with E-state index in [4.69, 9.17) is 4.74 Å². The number of aromatic nitrogens is 3. The van der Waals surface area contributed by atoms with Crippen LogP contribution in [0.3, 0.4) is 0 Å². The molecule has 1 saturated carbocycles. The van der Waals surface area contributed by atoms with Crippen LogP contribution >= 0.6 is 0 Å². The van der Waals surface area contributed by atoms with Crippen LogP contribution in [-0.4, -0.2) is 61.8 Å². The fourth-order valence-corrected chi connectivity index (χ4v) is 3.98. The summed E-state index contributed by atoms with van der Waals surface area (Å²) in [5, 5.41) is 3.68. The number of nitrogens with one attached hydrogen (secondary N) is 1. The lowest BCUT2D eigenvalue weighted by atomic mass is 9.97. The summed E-state index contributed by atoms with van der Waals surface area (Å²) in [7, 11) is 0. The Balaban J connectivity index is 1.73. The first-order chi connectivity index (χ1) is 16.1. The molecule has 1 aliphatic carbocycles. The van der Waals surface area contributed by atoms with E-state index in [1.807, 2.05) is 6.92 Å². The quantitative estimate of drug-likeness (QED) is 0.544. The molecular formula is C25H30FN5O3. The molecule has 0 spiro atoms. The Morgan fingerprint density at radius 3 is 2.71 bits per heavy atom. The van der Waals surface area contributed by atoms with E-state index in [1.165, 1.54) is 17.0 Å². The van der Waals surface area contributed by atoms with E-state index in [0.29, 0.717) is 28.3 Å². The van der Waals surface area contributed by atoms with Crippen molar-refractivity contribution >= 4 is 28.9 Å². The molecule has 0 bridgehead atoms. The topological polar surface area (TPSA) is 89.4 Å². The van der Waals surface area contributed by atoms with Gasteiger partial charge in [0.15, 0.2) is 5.65 Å².